The number of benzene rings is 1. The first-order chi connectivity index (χ1) is 8.50. The Hall–Kier alpha value is -2.63. The molecule has 0 unspecified atom stereocenters. The molecule has 0 saturated carbocycles. The van der Waals surface area contributed by atoms with Gasteiger partial charge in [0.25, 0.3) is 5.69 Å². The number of primary amides is 1. The van der Waals surface area contributed by atoms with E-state index >= 15 is 0 Å². The first kappa shape index (κ1) is 11.8. The van der Waals surface area contributed by atoms with E-state index in [1.165, 1.54) is 18.4 Å². The number of nitrogens with two attached hydrogens (primary N) is 1. The molecule has 0 bridgehead atoms. The Kier molecular flexibility index (Phi) is 2.85. The van der Waals surface area contributed by atoms with Crippen LogP contribution in [0.5, 0.6) is 0 Å². The first-order valence-electron chi connectivity index (χ1n) is 5.13. The van der Waals surface area contributed by atoms with Crippen LogP contribution < -0.4 is 5.73 Å². The van der Waals surface area contributed by atoms with Gasteiger partial charge in [-0.25, -0.2) is 0 Å². The highest BCUT2D eigenvalue weighted by Crippen LogP contribution is 2.31. The smallest absolute Gasteiger partial charge is 0.273 e. The van der Waals surface area contributed by atoms with Crippen LogP contribution in [-0.2, 0) is 0 Å². The fourth-order valence-electron chi connectivity index (χ4n) is 1.72. The van der Waals surface area contributed by atoms with E-state index in [1.54, 1.807) is 19.1 Å². The molecule has 0 spiro atoms. The fraction of sp³-hybridized carbons (Fsp3) is 0.0833. The van der Waals surface area contributed by atoms with E-state index in [0.717, 1.165) is 0 Å². The fourth-order valence-corrected chi connectivity index (χ4v) is 1.72. The molecule has 0 aliphatic carbocycles. The lowest BCUT2D eigenvalue weighted by molar-refractivity contribution is -0.385. The van der Waals surface area contributed by atoms with Gasteiger partial charge in [0.2, 0.25) is 5.91 Å². The van der Waals surface area contributed by atoms with E-state index in [-0.39, 0.29) is 11.3 Å². The van der Waals surface area contributed by atoms with E-state index in [4.69, 9.17) is 10.2 Å². The van der Waals surface area contributed by atoms with Gasteiger partial charge < -0.3 is 10.2 Å². The predicted octanol–water partition coefficient (Wildman–Crippen LogP) is 2.26. The summed E-state index contributed by atoms with van der Waals surface area (Å²) in [4.78, 5) is 21.6. The molecule has 1 aromatic heterocycles. The molecule has 92 valence electrons. The molecule has 0 aliphatic rings. The Balaban J connectivity index is 2.72. The Morgan fingerprint density at radius 2 is 2.17 bits per heavy atom. The van der Waals surface area contributed by atoms with Gasteiger partial charge in [0.05, 0.1) is 11.2 Å². The molecule has 1 aromatic carbocycles. The Morgan fingerprint density at radius 1 is 1.44 bits per heavy atom. The Labute approximate surface area is 102 Å². The maximum absolute atomic E-state index is 11.2. The zero-order chi connectivity index (χ0) is 13.3. The number of carbonyl (C=O) groups excluding carboxylic acids is 1. The van der Waals surface area contributed by atoms with Gasteiger partial charge in [-0.2, -0.15) is 0 Å². The number of furan rings is 1. The van der Waals surface area contributed by atoms with Crippen molar-refractivity contribution in [2.75, 3.05) is 0 Å². The second-order valence-corrected chi connectivity index (χ2v) is 3.77. The summed E-state index contributed by atoms with van der Waals surface area (Å²) in [6.07, 6.45) is 1.46. The van der Waals surface area contributed by atoms with Crippen molar-refractivity contribution < 1.29 is 14.1 Å². The number of hydrogen-bond acceptors (Lipinski definition) is 4. The molecular formula is C12H10N2O4. The molecule has 2 rings (SSSR count). The average molecular weight is 246 g/mol. The van der Waals surface area contributed by atoms with Crippen molar-refractivity contribution in [2.45, 2.75) is 6.92 Å². The summed E-state index contributed by atoms with van der Waals surface area (Å²) in [6.45, 7) is 1.60. The zero-order valence-corrected chi connectivity index (χ0v) is 9.54. The molecule has 0 saturated heterocycles. The molecule has 6 nitrogen and oxygen atoms in total. The van der Waals surface area contributed by atoms with Crippen molar-refractivity contribution in [2.24, 2.45) is 5.73 Å². The highest BCUT2D eigenvalue weighted by molar-refractivity contribution is 5.95. The largest absolute Gasteiger partial charge is 0.464 e. The summed E-state index contributed by atoms with van der Waals surface area (Å²) in [5.41, 5.74) is 6.01. The number of nitro benzene ring substituents is 1. The van der Waals surface area contributed by atoms with Gasteiger partial charge in [-0.3, -0.25) is 14.9 Å². The molecule has 1 heterocycles. The van der Waals surface area contributed by atoms with Crippen LogP contribution in [0.2, 0.25) is 0 Å². The minimum absolute atomic E-state index is 0.0821. The maximum Gasteiger partial charge on any atom is 0.273 e. The van der Waals surface area contributed by atoms with Gasteiger partial charge in [0, 0.05) is 22.8 Å². The lowest BCUT2D eigenvalue weighted by Gasteiger charge is -2.06. The van der Waals surface area contributed by atoms with Crippen LogP contribution in [-0.4, -0.2) is 10.8 Å². The van der Waals surface area contributed by atoms with Crippen molar-refractivity contribution in [1.82, 2.24) is 0 Å². The van der Waals surface area contributed by atoms with Gasteiger partial charge in [0.1, 0.15) is 5.76 Å². The van der Waals surface area contributed by atoms with Crippen LogP contribution in [0.3, 0.4) is 0 Å². The van der Waals surface area contributed by atoms with Crippen molar-refractivity contribution >= 4 is 11.6 Å². The molecule has 2 aromatic rings. The highest BCUT2D eigenvalue weighted by atomic mass is 16.6. The summed E-state index contributed by atoms with van der Waals surface area (Å²) in [5, 5.41) is 10.9. The molecular weight excluding hydrogens is 236 g/mol. The van der Waals surface area contributed by atoms with Gasteiger partial charge >= 0.3 is 0 Å². The topological polar surface area (TPSA) is 99.4 Å². The van der Waals surface area contributed by atoms with Crippen molar-refractivity contribution in [3.8, 4) is 11.3 Å². The summed E-state index contributed by atoms with van der Waals surface area (Å²) in [6, 6.07) is 5.99. The summed E-state index contributed by atoms with van der Waals surface area (Å²) in [7, 11) is 0. The number of carbonyl (C=O) groups is 1. The van der Waals surface area contributed by atoms with Crippen LogP contribution in [0.4, 0.5) is 5.69 Å². The summed E-state index contributed by atoms with van der Waals surface area (Å²) >= 11 is 0. The SMILES string of the molecule is Cc1c(-c2ccco2)cc(C(N)=O)cc1[N+](=O)[O-]. The van der Waals surface area contributed by atoms with Crippen LogP contribution >= 0.6 is 0 Å². The monoisotopic (exact) mass is 246 g/mol. The summed E-state index contributed by atoms with van der Waals surface area (Å²) < 4.78 is 5.20. The molecule has 0 radical (unpaired) electrons. The third-order valence-electron chi connectivity index (χ3n) is 2.65. The van der Waals surface area contributed by atoms with Crippen LogP contribution in [0.25, 0.3) is 11.3 Å². The highest BCUT2D eigenvalue weighted by Gasteiger charge is 2.20. The Morgan fingerprint density at radius 3 is 2.67 bits per heavy atom. The Bertz CT molecular complexity index is 617. The number of rotatable bonds is 3. The lowest BCUT2D eigenvalue weighted by atomic mass is 10.0. The second kappa shape index (κ2) is 4.33. The molecule has 6 heteroatoms. The predicted molar refractivity (Wildman–Crippen MR) is 64.1 cm³/mol. The number of hydrogen-bond donors (Lipinski definition) is 1. The molecule has 2 N–H and O–H groups in total. The normalized spacial score (nSPS) is 10.3. The number of nitrogens with zero attached hydrogens (tertiary/aromatic N) is 1. The third-order valence-corrected chi connectivity index (χ3v) is 2.65. The lowest BCUT2D eigenvalue weighted by Crippen LogP contribution is -2.12. The van der Waals surface area contributed by atoms with Crippen molar-refractivity contribution in [1.29, 1.82) is 0 Å². The molecule has 0 atom stereocenters. The van der Waals surface area contributed by atoms with E-state index in [1.807, 2.05) is 0 Å². The maximum atomic E-state index is 11.2. The van der Waals surface area contributed by atoms with Crippen LogP contribution in [0.15, 0.2) is 34.9 Å². The summed E-state index contributed by atoms with van der Waals surface area (Å²) in [5.74, 6) is -0.260. The first-order valence-corrected chi connectivity index (χ1v) is 5.13. The zero-order valence-electron chi connectivity index (χ0n) is 9.54. The quantitative estimate of drug-likeness (QED) is 0.663. The van der Waals surface area contributed by atoms with Crippen molar-refractivity contribution in [3.05, 3.63) is 51.8 Å². The van der Waals surface area contributed by atoms with Gasteiger partial charge in [0.15, 0.2) is 0 Å². The van der Waals surface area contributed by atoms with Gasteiger partial charge in [-0.1, -0.05) is 0 Å². The van der Waals surface area contributed by atoms with E-state index in [9.17, 15) is 14.9 Å². The minimum Gasteiger partial charge on any atom is -0.464 e. The second-order valence-electron chi connectivity index (χ2n) is 3.77. The van der Waals surface area contributed by atoms with Gasteiger partial charge in [-0.05, 0) is 25.1 Å². The van der Waals surface area contributed by atoms with E-state index in [2.05, 4.69) is 0 Å². The molecule has 18 heavy (non-hydrogen) atoms. The van der Waals surface area contributed by atoms with E-state index < -0.39 is 10.8 Å². The standard InChI is InChI=1S/C12H10N2O4/c1-7-9(11-3-2-4-18-11)5-8(12(13)15)6-10(7)14(16)17/h2-6H,1H3,(H2,13,15). The molecule has 0 fully saturated rings. The van der Waals surface area contributed by atoms with Crippen molar-refractivity contribution in [3.63, 3.8) is 0 Å². The van der Waals surface area contributed by atoms with Gasteiger partial charge in [-0.15, -0.1) is 0 Å². The number of amides is 1. The minimum atomic E-state index is -0.717. The molecule has 0 aliphatic heterocycles. The average Bonchev–Trinajstić information content (AvgIpc) is 2.81. The van der Waals surface area contributed by atoms with Crippen LogP contribution in [0, 0.1) is 17.0 Å². The third kappa shape index (κ3) is 1.95. The van der Waals surface area contributed by atoms with Crippen LogP contribution in [0.1, 0.15) is 15.9 Å². The van der Waals surface area contributed by atoms with E-state index in [0.29, 0.717) is 16.9 Å². The number of nitro groups is 1. The molecule has 1 amide bonds.